The first kappa shape index (κ1) is 29.7. The quantitative estimate of drug-likeness (QED) is 0.170. The molecule has 2 aromatic carbocycles. The first-order valence-corrected chi connectivity index (χ1v) is 18.9. The Hall–Kier alpha value is -3.31. The number of imidazole rings is 1. The topological polar surface area (TPSA) is 100 Å². The Morgan fingerprint density at radius 2 is 1.84 bits per heavy atom. The van der Waals surface area contributed by atoms with Gasteiger partial charge < -0.3 is 19.1 Å². The van der Waals surface area contributed by atoms with Gasteiger partial charge in [-0.3, -0.25) is 9.67 Å². The second kappa shape index (κ2) is 11.6. The van der Waals surface area contributed by atoms with Gasteiger partial charge in [-0.25, -0.2) is 9.97 Å². The van der Waals surface area contributed by atoms with E-state index in [1.807, 2.05) is 43.5 Å². The maximum atomic E-state index is 10.9. The molecular formula is C32H39ClN6O3Si. The van der Waals surface area contributed by atoms with Crippen LogP contribution in [0.5, 0.6) is 11.5 Å². The van der Waals surface area contributed by atoms with Gasteiger partial charge in [0.25, 0.3) is 0 Å². The average Bonchev–Trinajstić information content (AvgIpc) is 3.55. The van der Waals surface area contributed by atoms with Crippen molar-refractivity contribution in [2.24, 2.45) is 0 Å². The number of benzene rings is 2. The van der Waals surface area contributed by atoms with E-state index in [9.17, 15) is 5.11 Å². The number of fused-ring (bicyclic) bond motifs is 2. The molecule has 3 aromatic heterocycles. The summed E-state index contributed by atoms with van der Waals surface area (Å²) in [5, 5.41) is 15.8. The molecule has 0 radical (unpaired) electrons. The fraction of sp³-hybridized carbons (Fsp3) is 0.438. The molecule has 1 aliphatic carbocycles. The summed E-state index contributed by atoms with van der Waals surface area (Å²) < 4.78 is 16.3. The highest BCUT2D eigenvalue weighted by atomic mass is 35.5. The molecule has 5 aromatic rings. The molecule has 6 rings (SSSR count). The number of halogens is 1. The molecule has 226 valence electrons. The Kier molecular flexibility index (Phi) is 8.06. The maximum Gasteiger partial charge on any atom is 0.148 e. The van der Waals surface area contributed by atoms with E-state index in [-0.39, 0.29) is 5.73 Å². The van der Waals surface area contributed by atoms with E-state index in [0.29, 0.717) is 46.5 Å². The van der Waals surface area contributed by atoms with Crippen LogP contribution in [0.3, 0.4) is 0 Å². The minimum absolute atomic E-state index is 0.232. The third-order valence-electron chi connectivity index (χ3n) is 8.60. The largest absolute Gasteiger partial charge is 0.456 e. The minimum atomic E-state index is -1.40. The lowest BCUT2D eigenvalue weighted by Gasteiger charge is -2.31. The Balaban J connectivity index is 1.22. The Labute approximate surface area is 257 Å². The fourth-order valence-electron chi connectivity index (χ4n) is 5.52. The lowest BCUT2D eigenvalue weighted by Crippen LogP contribution is -2.38. The van der Waals surface area contributed by atoms with Crippen molar-refractivity contribution in [3.8, 4) is 22.8 Å². The fourth-order valence-corrected chi connectivity index (χ4v) is 6.33. The van der Waals surface area contributed by atoms with Gasteiger partial charge in [-0.1, -0.05) is 50.5 Å². The minimum Gasteiger partial charge on any atom is -0.456 e. The lowest BCUT2D eigenvalue weighted by molar-refractivity contribution is -0.0142. The molecule has 11 heteroatoms. The van der Waals surface area contributed by atoms with Crippen LogP contribution in [0.2, 0.25) is 24.7 Å². The molecule has 0 saturated heterocycles. The van der Waals surface area contributed by atoms with Crippen molar-refractivity contribution in [3.63, 3.8) is 0 Å². The number of aromatic nitrogens is 6. The van der Waals surface area contributed by atoms with Crippen LogP contribution in [0.4, 0.5) is 0 Å². The molecular weight excluding hydrogens is 580 g/mol. The van der Waals surface area contributed by atoms with Gasteiger partial charge >= 0.3 is 0 Å². The summed E-state index contributed by atoms with van der Waals surface area (Å²) in [6.07, 6.45) is 10.3. The summed E-state index contributed by atoms with van der Waals surface area (Å²) in [7, 11) is -1.40. The highest BCUT2D eigenvalue weighted by molar-refractivity contribution is 6.77. The number of hydrogen-bond acceptors (Lipinski definition) is 7. The van der Waals surface area contributed by atoms with Crippen LogP contribution in [0, 0.1) is 6.92 Å². The summed E-state index contributed by atoms with van der Waals surface area (Å²) in [5.74, 6) is 2.00. The molecule has 1 atom stereocenters. The highest BCUT2D eigenvalue weighted by Crippen LogP contribution is 2.36. The first-order valence-electron chi connectivity index (χ1n) is 15.0. The Morgan fingerprint density at radius 3 is 2.60 bits per heavy atom. The highest BCUT2D eigenvalue weighted by Gasteiger charge is 2.30. The SMILES string of the molecule is Cc1nc2cc(Oc3ccc4ncc(-c5cnn(CC6(O)CCCCC6)c5)nc4c3Cl)ccc2n1COC(C)[Si](C)(C)C. The molecule has 3 heterocycles. The van der Waals surface area contributed by atoms with Crippen molar-refractivity contribution >= 4 is 41.7 Å². The molecule has 1 unspecified atom stereocenters. The van der Waals surface area contributed by atoms with E-state index in [1.54, 1.807) is 17.1 Å². The Morgan fingerprint density at radius 1 is 1.05 bits per heavy atom. The van der Waals surface area contributed by atoms with Gasteiger partial charge in [-0.2, -0.15) is 5.10 Å². The van der Waals surface area contributed by atoms with Gasteiger partial charge in [0.1, 0.15) is 34.6 Å². The molecule has 0 aliphatic heterocycles. The zero-order valence-electron chi connectivity index (χ0n) is 25.5. The van der Waals surface area contributed by atoms with Crippen LogP contribution in [-0.2, 0) is 18.0 Å². The number of rotatable bonds is 9. The number of aryl methyl sites for hydroxylation is 1. The number of nitrogens with zero attached hydrogens (tertiary/aromatic N) is 6. The van der Waals surface area contributed by atoms with Crippen LogP contribution in [0.1, 0.15) is 44.9 Å². The predicted octanol–water partition coefficient (Wildman–Crippen LogP) is 7.53. The number of hydrogen-bond donors (Lipinski definition) is 1. The van der Waals surface area contributed by atoms with Crippen molar-refractivity contribution in [2.75, 3.05) is 0 Å². The molecule has 1 fully saturated rings. The van der Waals surface area contributed by atoms with E-state index < -0.39 is 13.7 Å². The molecule has 1 N–H and O–H groups in total. The van der Waals surface area contributed by atoms with Gasteiger partial charge in [0.2, 0.25) is 0 Å². The summed E-state index contributed by atoms with van der Waals surface area (Å²) >= 11 is 6.84. The summed E-state index contributed by atoms with van der Waals surface area (Å²) in [6.45, 7) is 12.0. The molecule has 1 saturated carbocycles. The van der Waals surface area contributed by atoms with Crippen molar-refractivity contribution in [3.05, 3.63) is 59.8 Å². The first-order chi connectivity index (χ1) is 20.5. The van der Waals surface area contributed by atoms with E-state index in [1.165, 1.54) is 6.42 Å². The van der Waals surface area contributed by atoms with E-state index in [0.717, 1.165) is 48.1 Å². The van der Waals surface area contributed by atoms with Crippen molar-refractivity contribution in [1.29, 1.82) is 0 Å². The molecule has 43 heavy (non-hydrogen) atoms. The van der Waals surface area contributed by atoms with E-state index >= 15 is 0 Å². The standard InChI is InChI=1S/C32H39ClN6O3Si/c1-21-36-26-15-24(9-11-28(26)39(21)20-41-22(2)43(3,4)5)42-29-12-10-25-31(30(29)33)37-27(17-34-25)23-16-35-38(18-23)19-32(40)13-7-6-8-14-32/h9-12,15-18,22,40H,6-8,13-14,19-20H2,1-5H3. The zero-order chi connectivity index (χ0) is 30.4. The van der Waals surface area contributed by atoms with Crippen molar-refractivity contribution < 1.29 is 14.6 Å². The monoisotopic (exact) mass is 618 g/mol. The van der Waals surface area contributed by atoms with Gasteiger partial charge in [0.05, 0.1) is 54.9 Å². The van der Waals surface area contributed by atoms with Crippen LogP contribution in [0.15, 0.2) is 48.9 Å². The predicted molar refractivity (Wildman–Crippen MR) is 172 cm³/mol. The van der Waals surface area contributed by atoms with Crippen molar-refractivity contribution in [1.82, 2.24) is 29.3 Å². The second-order valence-corrected chi connectivity index (χ2v) is 18.8. The molecule has 0 bridgehead atoms. The summed E-state index contributed by atoms with van der Waals surface area (Å²) in [6, 6.07) is 9.49. The molecule has 0 amide bonds. The number of aliphatic hydroxyl groups is 1. The number of ether oxygens (including phenoxy) is 2. The Bertz CT molecular complexity index is 1770. The van der Waals surface area contributed by atoms with Crippen LogP contribution >= 0.6 is 11.6 Å². The third kappa shape index (κ3) is 6.33. The smallest absolute Gasteiger partial charge is 0.148 e. The summed E-state index contributed by atoms with van der Waals surface area (Å²) in [5.41, 5.74) is 4.03. The summed E-state index contributed by atoms with van der Waals surface area (Å²) in [4.78, 5) is 14.2. The van der Waals surface area contributed by atoms with Crippen LogP contribution < -0.4 is 4.74 Å². The second-order valence-electron chi connectivity index (χ2n) is 12.9. The van der Waals surface area contributed by atoms with Gasteiger partial charge in [0, 0.05) is 23.6 Å². The molecule has 0 spiro atoms. The van der Waals surface area contributed by atoms with E-state index in [4.69, 9.17) is 31.0 Å². The van der Waals surface area contributed by atoms with Gasteiger partial charge in [-0.05, 0) is 51.0 Å². The molecule has 9 nitrogen and oxygen atoms in total. The molecule has 1 aliphatic rings. The van der Waals surface area contributed by atoms with Gasteiger partial charge in [-0.15, -0.1) is 0 Å². The van der Waals surface area contributed by atoms with Crippen molar-refractivity contribution in [2.45, 2.75) is 90.2 Å². The van der Waals surface area contributed by atoms with E-state index in [2.05, 4.69) is 41.2 Å². The maximum absolute atomic E-state index is 10.9. The third-order valence-corrected chi connectivity index (χ3v) is 11.6. The normalized spacial score (nSPS) is 16.2. The zero-order valence-corrected chi connectivity index (χ0v) is 27.2. The van der Waals surface area contributed by atoms with Gasteiger partial charge in [0.15, 0.2) is 0 Å². The van der Waals surface area contributed by atoms with Crippen LogP contribution in [0.25, 0.3) is 33.3 Å². The average molecular weight is 619 g/mol. The lowest BCUT2D eigenvalue weighted by atomic mass is 9.85. The van der Waals surface area contributed by atoms with Crippen LogP contribution in [-0.4, -0.2) is 53.8 Å².